The van der Waals surface area contributed by atoms with Gasteiger partial charge in [0.2, 0.25) is 5.91 Å². The molecule has 0 saturated carbocycles. The number of halogens is 1. The number of carboxylic acids is 1. The average Bonchev–Trinajstić information content (AvgIpc) is 2.45. The molecule has 2 N–H and O–H groups in total. The Kier molecular flexibility index (Phi) is 5.17. The second kappa shape index (κ2) is 6.89. The number of hydrogen-bond donors (Lipinski definition) is 2. The van der Waals surface area contributed by atoms with E-state index in [1.807, 2.05) is 4.90 Å². The topological polar surface area (TPSA) is 82.5 Å². The van der Waals surface area contributed by atoms with Crippen LogP contribution in [-0.4, -0.2) is 41.6 Å². The van der Waals surface area contributed by atoms with Gasteiger partial charge in [-0.25, -0.2) is 9.78 Å². The third kappa shape index (κ3) is 4.17. The molecule has 0 aliphatic carbocycles. The molecule has 0 aromatic carbocycles. The summed E-state index contributed by atoms with van der Waals surface area (Å²) in [6.07, 6.45) is 3.44. The van der Waals surface area contributed by atoms with Crippen LogP contribution in [0.1, 0.15) is 30.1 Å². The van der Waals surface area contributed by atoms with Gasteiger partial charge in [-0.1, -0.05) is 0 Å². The van der Waals surface area contributed by atoms with Gasteiger partial charge in [-0.2, -0.15) is 0 Å². The van der Waals surface area contributed by atoms with E-state index in [1.165, 1.54) is 6.92 Å². The number of rotatable bonds is 4. The van der Waals surface area contributed by atoms with E-state index in [0.717, 1.165) is 25.9 Å². The molecule has 6 nitrogen and oxygen atoms in total. The van der Waals surface area contributed by atoms with Gasteiger partial charge in [0.25, 0.3) is 0 Å². The first-order chi connectivity index (χ1) is 9.97. The van der Waals surface area contributed by atoms with E-state index < -0.39 is 5.97 Å². The maximum absolute atomic E-state index is 11.3. The molecule has 21 heavy (non-hydrogen) atoms. The molecule has 2 rings (SSSR count). The predicted molar refractivity (Wildman–Crippen MR) is 82.5 cm³/mol. The summed E-state index contributed by atoms with van der Waals surface area (Å²) >= 11 is 3.25. The quantitative estimate of drug-likeness (QED) is 0.861. The summed E-state index contributed by atoms with van der Waals surface area (Å²) in [4.78, 5) is 28.5. The minimum atomic E-state index is -0.973. The van der Waals surface area contributed by atoms with E-state index in [4.69, 9.17) is 0 Å². The number of aromatic nitrogens is 1. The maximum Gasteiger partial charge on any atom is 0.339 e. The standard InChI is InChI=1S/C14H18BrN3O3/c1-9(19)16-7-10-2-4-18(5-3-10)13-12(14(20)21)6-11(15)8-17-13/h6,8,10H,2-5,7H2,1H3,(H,16,19)(H,20,21). The molecule has 0 unspecified atom stereocenters. The van der Waals surface area contributed by atoms with E-state index in [0.29, 0.717) is 22.8 Å². The Bertz CT molecular complexity index is 542. The van der Waals surface area contributed by atoms with Gasteiger partial charge in [-0.05, 0) is 40.8 Å². The molecule has 1 aliphatic heterocycles. The van der Waals surface area contributed by atoms with Gasteiger partial charge in [0, 0.05) is 37.2 Å². The van der Waals surface area contributed by atoms with Crippen LogP contribution in [0, 0.1) is 5.92 Å². The number of pyridine rings is 1. The van der Waals surface area contributed by atoms with Crippen LogP contribution < -0.4 is 10.2 Å². The van der Waals surface area contributed by atoms with E-state index in [9.17, 15) is 14.7 Å². The van der Waals surface area contributed by atoms with Crippen LogP contribution in [0.15, 0.2) is 16.7 Å². The van der Waals surface area contributed by atoms with Crippen LogP contribution in [0.5, 0.6) is 0 Å². The van der Waals surface area contributed by atoms with Crippen molar-refractivity contribution in [1.82, 2.24) is 10.3 Å². The Hall–Kier alpha value is -1.63. The summed E-state index contributed by atoms with van der Waals surface area (Å²) in [6, 6.07) is 1.58. The molecule has 1 aromatic heterocycles. The number of nitrogens with zero attached hydrogens (tertiary/aromatic N) is 2. The van der Waals surface area contributed by atoms with Crippen molar-refractivity contribution in [3.63, 3.8) is 0 Å². The highest BCUT2D eigenvalue weighted by atomic mass is 79.9. The summed E-state index contributed by atoms with van der Waals surface area (Å²) in [5.74, 6) is -0.0307. The smallest absolute Gasteiger partial charge is 0.339 e. The van der Waals surface area contributed by atoms with E-state index in [-0.39, 0.29) is 11.5 Å². The minimum Gasteiger partial charge on any atom is -0.478 e. The fraction of sp³-hybridized carbons (Fsp3) is 0.500. The molecule has 1 saturated heterocycles. The molecular weight excluding hydrogens is 338 g/mol. The SMILES string of the molecule is CC(=O)NCC1CCN(c2ncc(Br)cc2C(=O)O)CC1. The molecule has 1 aliphatic rings. The molecule has 2 heterocycles. The zero-order valence-electron chi connectivity index (χ0n) is 11.8. The summed E-state index contributed by atoms with van der Waals surface area (Å²) < 4.78 is 0.657. The highest BCUT2D eigenvalue weighted by Gasteiger charge is 2.24. The fourth-order valence-electron chi connectivity index (χ4n) is 2.48. The predicted octanol–water partition coefficient (Wildman–Crippen LogP) is 1.89. The Labute approximate surface area is 131 Å². The lowest BCUT2D eigenvalue weighted by Gasteiger charge is -2.33. The van der Waals surface area contributed by atoms with Crippen molar-refractivity contribution in [2.75, 3.05) is 24.5 Å². The Balaban J connectivity index is 2.02. The van der Waals surface area contributed by atoms with Gasteiger partial charge in [-0.3, -0.25) is 4.79 Å². The van der Waals surface area contributed by atoms with Gasteiger partial charge in [0.05, 0.1) is 0 Å². The van der Waals surface area contributed by atoms with Crippen LogP contribution in [0.3, 0.4) is 0 Å². The van der Waals surface area contributed by atoms with Crippen molar-refractivity contribution in [1.29, 1.82) is 0 Å². The van der Waals surface area contributed by atoms with Crippen LogP contribution in [0.25, 0.3) is 0 Å². The second-order valence-corrected chi connectivity index (χ2v) is 6.11. The van der Waals surface area contributed by atoms with Crippen molar-refractivity contribution in [3.05, 3.63) is 22.3 Å². The minimum absolute atomic E-state index is 0.0137. The van der Waals surface area contributed by atoms with Gasteiger partial charge in [0.1, 0.15) is 11.4 Å². The lowest BCUT2D eigenvalue weighted by molar-refractivity contribution is -0.119. The zero-order valence-corrected chi connectivity index (χ0v) is 13.4. The Morgan fingerprint density at radius 2 is 2.14 bits per heavy atom. The first-order valence-electron chi connectivity index (χ1n) is 6.85. The van der Waals surface area contributed by atoms with Crippen molar-refractivity contribution < 1.29 is 14.7 Å². The number of carboxylic acid groups (broad SMARTS) is 1. The highest BCUT2D eigenvalue weighted by Crippen LogP contribution is 2.26. The molecule has 0 radical (unpaired) electrons. The fourth-order valence-corrected chi connectivity index (χ4v) is 2.81. The summed E-state index contributed by atoms with van der Waals surface area (Å²) in [6.45, 7) is 3.70. The van der Waals surface area contributed by atoms with E-state index >= 15 is 0 Å². The van der Waals surface area contributed by atoms with Gasteiger partial charge in [0.15, 0.2) is 0 Å². The lowest BCUT2D eigenvalue weighted by atomic mass is 9.96. The third-order valence-electron chi connectivity index (χ3n) is 3.62. The van der Waals surface area contributed by atoms with Crippen LogP contribution in [0.2, 0.25) is 0 Å². The van der Waals surface area contributed by atoms with Gasteiger partial charge < -0.3 is 15.3 Å². The average molecular weight is 356 g/mol. The number of aromatic carboxylic acids is 1. The summed E-state index contributed by atoms with van der Waals surface area (Å²) in [7, 11) is 0. The third-order valence-corrected chi connectivity index (χ3v) is 4.05. The largest absolute Gasteiger partial charge is 0.478 e. The number of amides is 1. The van der Waals surface area contributed by atoms with Crippen LogP contribution in [-0.2, 0) is 4.79 Å². The van der Waals surface area contributed by atoms with Crippen LogP contribution in [0.4, 0.5) is 5.82 Å². The van der Waals surface area contributed by atoms with Crippen molar-refractivity contribution in [2.45, 2.75) is 19.8 Å². The number of carbonyl (C=O) groups excluding carboxylic acids is 1. The van der Waals surface area contributed by atoms with Crippen LogP contribution >= 0.6 is 15.9 Å². The lowest BCUT2D eigenvalue weighted by Crippen LogP contribution is -2.39. The molecule has 0 atom stereocenters. The van der Waals surface area contributed by atoms with Gasteiger partial charge >= 0.3 is 5.97 Å². The van der Waals surface area contributed by atoms with Gasteiger partial charge in [-0.15, -0.1) is 0 Å². The Morgan fingerprint density at radius 1 is 1.48 bits per heavy atom. The molecule has 1 amide bonds. The first kappa shape index (κ1) is 15.8. The monoisotopic (exact) mass is 355 g/mol. The second-order valence-electron chi connectivity index (χ2n) is 5.20. The summed E-state index contributed by atoms with van der Waals surface area (Å²) in [5.41, 5.74) is 0.213. The number of nitrogens with one attached hydrogen (secondary N) is 1. The first-order valence-corrected chi connectivity index (χ1v) is 7.65. The maximum atomic E-state index is 11.3. The van der Waals surface area contributed by atoms with Crippen molar-refractivity contribution in [2.24, 2.45) is 5.92 Å². The summed E-state index contributed by atoms with van der Waals surface area (Å²) in [5, 5.41) is 12.1. The molecular formula is C14H18BrN3O3. The highest BCUT2D eigenvalue weighted by molar-refractivity contribution is 9.10. The molecule has 114 valence electrons. The molecule has 0 bridgehead atoms. The van der Waals surface area contributed by atoms with E-state index in [2.05, 4.69) is 26.2 Å². The molecule has 1 fully saturated rings. The number of piperidine rings is 1. The number of carbonyl (C=O) groups is 2. The number of anilines is 1. The van der Waals surface area contributed by atoms with E-state index in [1.54, 1.807) is 12.3 Å². The molecule has 0 spiro atoms. The molecule has 1 aromatic rings. The van der Waals surface area contributed by atoms with Crippen molar-refractivity contribution >= 4 is 33.6 Å². The number of hydrogen-bond acceptors (Lipinski definition) is 4. The Morgan fingerprint density at radius 3 is 2.71 bits per heavy atom. The van der Waals surface area contributed by atoms with Crippen molar-refractivity contribution in [3.8, 4) is 0 Å². The zero-order chi connectivity index (χ0) is 15.4. The molecule has 7 heteroatoms. The normalized spacial score (nSPS) is 15.8.